The molecule has 39 heavy (non-hydrogen) atoms. The van der Waals surface area contributed by atoms with Gasteiger partial charge in [0.1, 0.15) is 5.71 Å². The molecule has 0 unspecified atom stereocenters. The van der Waals surface area contributed by atoms with Gasteiger partial charge < -0.3 is 9.47 Å². The molecule has 3 aromatic rings. The molecule has 0 atom stereocenters. The fraction of sp³-hybridized carbons (Fsp3) is 0.125. The molecule has 7 heteroatoms. The minimum atomic E-state index is -0.149. The van der Waals surface area contributed by atoms with Gasteiger partial charge >= 0.3 is 0 Å². The molecule has 6 nitrogen and oxygen atoms in total. The third-order valence-corrected chi connectivity index (χ3v) is 6.91. The molecule has 0 saturated heterocycles. The van der Waals surface area contributed by atoms with Gasteiger partial charge in [0.2, 0.25) is 5.78 Å². The average molecular weight is 534 g/mol. The first-order valence-electron chi connectivity index (χ1n) is 12.9. The molecule has 0 radical (unpaired) electrons. The van der Waals surface area contributed by atoms with Gasteiger partial charge in [0.05, 0.1) is 27.8 Å². The highest BCUT2D eigenvalue weighted by molar-refractivity contribution is 6.52. The molecule has 0 fully saturated rings. The molecule has 0 spiro atoms. The fourth-order valence-corrected chi connectivity index (χ4v) is 4.98. The van der Waals surface area contributed by atoms with Crippen LogP contribution in [0.2, 0.25) is 0 Å². The maximum atomic E-state index is 12.6. The predicted octanol–water partition coefficient (Wildman–Crippen LogP) is 6.30. The molecule has 1 heterocycles. The third-order valence-electron chi connectivity index (χ3n) is 6.91. The van der Waals surface area contributed by atoms with Gasteiger partial charge in [-0.3, -0.25) is 4.79 Å². The zero-order chi connectivity index (χ0) is 26.1. The lowest BCUT2D eigenvalue weighted by Crippen LogP contribution is -2.22. The van der Waals surface area contributed by atoms with E-state index in [0.29, 0.717) is 11.1 Å². The monoisotopic (exact) mass is 533 g/mol. The summed E-state index contributed by atoms with van der Waals surface area (Å²) in [6.07, 6.45) is 3.36. The smallest absolute Gasteiger partial charge is 0.206 e. The number of halogens is 1. The quantitative estimate of drug-likeness (QED) is 0.197. The number of rotatable bonds is 5. The lowest BCUT2D eigenvalue weighted by atomic mass is 9.95. The second-order valence-electron chi connectivity index (χ2n) is 9.13. The van der Waals surface area contributed by atoms with Crippen molar-refractivity contribution < 1.29 is 4.79 Å². The van der Waals surface area contributed by atoms with E-state index in [4.69, 9.17) is 4.98 Å². The number of para-hydroxylation sites is 1. The number of hydrogen-bond donors (Lipinski definition) is 0. The van der Waals surface area contributed by atoms with Gasteiger partial charge in [-0.15, -0.1) is 17.5 Å². The minimum Gasteiger partial charge on any atom is -0.372 e. The minimum absolute atomic E-state index is 0. The largest absolute Gasteiger partial charge is 0.372 e. The van der Waals surface area contributed by atoms with Crippen LogP contribution in [0.4, 0.5) is 5.69 Å². The molecule has 0 amide bonds. The normalized spacial score (nSPS) is 14.1. The van der Waals surface area contributed by atoms with Crippen LogP contribution in [0.5, 0.6) is 0 Å². The van der Waals surface area contributed by atoms with Gasteiger partial charge in [-0.1, -0.05) is 48.5 Å². The van der Waals surface area contributed by atoms with E-state index in [0.717, 1.165) is 58.0 Å². The Balaban J connectivity index is 0.00000308. The Labute approximate surface area is 233 Å². The zero-order valence-corrected chi connectivity index (χ0v) is 22.6. The van der Waals surface area contributed by atoms with Gasteiger partial charge in [-0.05, 0) is 74.0 Å². The van der Waals surface area contributed by atoms with Gasteiger partial charge in [-0.25, -0.2) is 4.98 Å². The molecule has 0 bridgehead atoms. The van der Waals surface area contributed by atoms with Crippen molar-refractivity contribution >= 4 is 46.7 Å². The lowest BCUT2D eigenvalue weighted by Gasteiger charge is -2.23. The van der Waals surface area contributed by atoms with Crippen LogP contribution in [0.15, 0.2) is 107 Å². The van der Waals surface area contributed by atoms with Crippen molar-refractivity contribution in [3.63, 3.8) is 0 Å². The Morgan fingerprint density at radius 1 is 0.821 bits per heavy atom. The van der Waals surface area contributed by atoms with Crippen molar-refractivity contribution in [2.45, 2.75) is 13.8 Å². The molecule has 194 valence electrons. The Kier molecular flexibility index (Phi) is 7.39. The number of nitrogens with zero attached hydrogens (tertiary/aromatic N) is 5. The number of aromatic nitrogens is 2. The van der Waals surface area contributed by atoms with Crippen LogP contribution in [0.3, 0.4) is 0 Å². The van der Waals surface area contributed by atoms with E-state index in [-0.39, 0.29) is 18.2 Å². The fourth-order valence-electron chi connectivity index (χ4n) is 4.98. The molecule has 2 aliphatic carbocycles. The van der Waals surface area contributed by atoms with Crippen LogP contribution in [0, 0.1) is 0 Å². The van der Waals surface area contributed by atoms with E-state index in [1.165, 1.54) is 0 Å². The van der Waals surface area contributed by atoms with Crippen molar-refractivity contribution in [1.82, 2.24) is 9.55 Å². The number of fused-ring (bicyclic) bond motifs is 3. The number of anilines is 1. The van der Waals surface area contributed by atoms with E-state index >= 15 is 0 Å². The second-order valence-corrected chi connectivity index (χ2v) is 9.13. The molecule has 3 aromatic carbocycles. The zero-order valence-electron chi connectivity index (χ0n) is 21.8. The first-order chi connectivity index (χ1) is 18.7. The van der Waals surface area contributed by atoms with Crippen molar-refractivity contribution in [3.8, 4) is 17.1 Å². The predicted molar refractivity (Wildman–Crippen MR) is 161 cm³/mol. The molecule has 1 aliphatic heterocycles. The van der Waals surface area contributed by atoms with E-state index < -0.39 is 0 Å². The number of allylic oxidation sites excluding steroid dienone is 1. The van der Waals surface area contributed by atoms with E-state index in [9.17, 15) is 4.79 Å². The Hall–Kier alpha value is -4.55. The number of benzene rings is 4. The van der Waals surface area contributed by atoms with Gasteiger partial charge in [0, 0.05) is 30.0 Å². The summed E-state index contributed by atoms with van der Waals surface area (Å²) in [6.45, 7) is 6.18. The summed E-state index contributed by atoms with van der Waals surface area (Å²) in [5.41, 5.74) is 7.98. The van der Waals surface area contributed by atoms with Crippen LogP contribution in [0.25, 0.3) is 34.2 Å². The maximum Gasteiger partial charge on any atom is 0.206 e. The molecular weight excluding hydrogens is 506 g/mol. The third kappa shape index (κ3) is 4.87. The summed E-state index contributed by atoms with van der Waals surface area (Å²) in [6, 6.07) is 30.3. The first-order valence-corrected chi connectivity index (χ1v) is 12.9. The van der Waals surface area contributed by atoms with Crippen LogP contribution in [-0.2, 0) is 4.79 Å². The summed E-state index contributed by atoms with van der Waals surface area (Å²) in [7, 11) is 0. The summed E-state index contributed by atoms with van der Waals surface area (Å²) in [5.74, 6) is -0.149. The summed E-state index contributed by atoms with van der Waals surface area (Å²) in [4.78, 5) is 19.9. The molecule has 0 aromatic heterocycles. The summed E-state index contributed by atoms with van der Waals surface area (Å²) in [5, 5.41) is 9.56. The van der Waals surface area contributed by atoms with Crippen LogP contribution in [0.1, 0.15) is 25.0 Å². The van der Waals surface area contributed by atoms with Crippen LogP contribution < -0.4 is 10.3 Å². The molecule has 6 rings (SSSR count). The Morgan fingerprint density at radius 3 is 2.38 bits per heavy atom. The highest BCUT2D eigenvalue weighted by atomic mass is 35.5. The Morgan fingerprint density at radius 2 is 1.59 bits per heavy atom. The van der Waals surface area contributed by atoms with E-state index in [1.54, 1.807) is 6.08 Å². The standard InChI is InChI=1S/C32H27N5O.ClH/c1-3-36(4-2)25-16-18-28-30(21-25)37(24-11-6-5-7-12-24)29-20-23(15-17-27(29)33-28)34-35-32-26-13-9-8-10-22(26)14-19-31(32)38;/h5-21H,3-4H2,1-2H3;1H/b34-23+,35-32-;. The van der Waals surface area contributed by atoms with Crippen molar-refractivity contribution in [2.24, 2.45) is 10.2 Å². The molecule has 3 aliphatic rings. The number of carbonyl (C=O) groups is 1. The van der Waals surface area contributed by atoms with Crippen molar-refractivity contribution in [2.75, 3.05) is 18.0 Å². The number of ketones is 1. The SMILES string of the molecule is CCN(CC)c1ccc2nc3cc/c(=N\N=C4/C(=O)C=Cc5ccccc54)cc-3n(-c3ccccc3)c2c1.Cl. The summed E-state index contributed by atoms with van der Waals surface area (Å²) < 4.78 is 2.22. The Bertz CT molecular complexity index is 1770. The van der Waals surface area contributed by atoms with Crippen molar-refractivity contribution in [3.05, 3.63) is 114 Å². The van der Waals surface area contributed by atoms with Gasteiger partial charge in [0.25, 0.3) is 0 Å². The lowest BCUT2D eigenvalue weighted by molar-refractivity contribution is -0.108. The molecule has 0 N–H and O–H groups in total. The number of carbonyl (C=O) groups excluding carboxylic acids is 1. The molecule has 0 saturated carbocycles. The van der Waals surface area contributed by atoms with E-state index in [1.807, 2.05) is 66.7 Å². The van der Waals surface area contributed by atoms with Gasteiger partial charge in [-0.2, -0.15) is 5.10 Å². The number of hydrogen-bond acceptors (Lipinski definition) is 5. The second kappa shape index (κ2) is 11.1. The topological polar surface area (TPSA) is 62.9 Å². The van der Waals surface area contributed by atoms with Crippen molar-refractivity contribution in [1.29, 1.82) is 0 Å². The highest BCUT2D eigenvalue weighted by Crippen LogP contribution is 2.30. The highest BCUT2D eigenvalue weighted by Gasteiger charge is 2.19. The average Bonchev–Trinajstić information content (AvgIpc) is 2.96. The van der Waals surface area contributed by atoms with Crippen LogP contribution in [-0.4, -0.2) is 34.1 Å². The summed E-state index contributed by atoms with van der Waals surface area (Å²) >= 11 is 0. The van der Waals surface area contributed by atoms with Gasteiger partial charge in [0.15, 0.2) is 0 Å². The first kappa shape index (κ1) is 26.1. The molecular formula is C32H28ClN5O. The van der Waals surface area contributed by atoms with E-state index in [2.05, 4.69) is 63.8 Å². The van der Waals surface area contributed by atoms with Crippen LogP contribution >= 0.6 is 12.4 Å². The maximum absolute atomic E-state index is 12.6.